The number of nitrogens with zero attached hydrogens (tertiary/aromatic N) is 2. The quantitative estimate of drug-likeness (QED) is 0.822. The number of carbonyl (C=O) groups is 1. The third-order valence-electron chi connectivity index (χ3n) is 5.59. The van der Waals surface area contributed by atoms with Gasteiger partial charge in [-0.1, -0.05) is 40.5 Å². The Bertz CT molecular complexity index is 742. The first kappa shape index (κ1) is 15.9. The highest BCUT2D eigenvalue weighted by molar-refractivity contribution is 9.10. The lowest BCUT2D eigenvalue weighted by Crippen LogP contribution is -2.22. The molecule has 2 aliphatic rings. The maximum atomic E-state index is 12.5. The van der Waals surface area contributed by atoms with Crippen LogP contribution in [0.2, 0.25) is 0 Å². The maximum absolute atomic E-state index is 12.5. The molecule has 2 fully saturated rings. The summed E-state index contributed by atoms with van der Waals surface area (Å²) in [4.78, 5) is 12.5. The lowest BCUT2D eigenvalue weighted by Gasteiger charge is -2.21. The van der Waals surface area contributed by atoms with Crippen LogP contribution < -0.4 is 5.32 Å². The van der Waals surface area contributed by atoms with Crippen LogP contribution >= 0.6 is 15.9 Å². The second-order valence-electron chi connectivity index (χ2n) is 7.15. The molecule has 1 N–H and O–H groups in total. The van der Waals surface area contributed by atoms with E-state index in [1.54, 1.807) is 6.20 Å². The summed E-state index contributed by atoms with van der Waals surface area (Å²) in [6.45, 7) is 0.637. The number of anilines is 1. The summed E-state index contributed by atoms with van der Waals surface area (Å²) < 4.78 is 2.90. The molecule has 3 atom stereocenters. The summed E-state index contributed by atoms with van der Waals surface area (Å²) in [6.07, 6.45) is 7.68. The molecule has 1 heterocycles. The highest BCUT2D eigenvalue weighted by Gasteiger charge is 2.40. The van der Waals surface area contributed by atoms with E-state index in [0.717, 1.165) is 27.7 Å². The third-order valence-corrected chi connectivity index (χ3v) is 6.37. The van der Waals surface area contributed by atoms with Crippen LogP contribution in [0.1, 0.15) is 37.7 Å². The standard InChI is InChI=1S/C19H22BrN3O/c20-17-4-2-1-3-15(17)12-23-18(7-8-21-23)22-19(24)11-16-10-13-5-6-14(16)9-13/h1-4,7-8,13-14,16H,5-6,9-12H2,(H,22,24). The Kier molecular flexibility index (Phi) is 4.44. The number of rotatable bonds is 5. The zero-order valence-corrected chi connectivity index (χ0v) is 15.2. The lowest BCUT2D eigenvalue weighted by molar-refractivity contribution is -0.117. The van der Waals surface area contributed by atoms with Crippen molar-refractivity contribution in [2.75, 3.05) is 5.32 Å². The molecule has 3 unspecified atom stereocenters. The molecule has 2 aromatic rings. The molecule has 1 aromatic carbocycles. The number of fused-ring (bicyclic) bond motifs is 2. The van der Waals surface area contributed by atoms with Crippen molar-refractivity contribution >= 4 is 27.7 Å². The van der Waals surface area contributed by atoms with Crippen LogP contribution in [0.15, 0.2) is 41.0 Å². The second-order valence-corrected chi connectivity index (χ2v) is 8.01. The number of nitrogens with one attached hydrogen (secondary N) is 1. The van der Waals surface area contributed by atoms with Gasteiger partial charge in [-0.15, -0.1) is 0 Å². The van der Waals surface area contributed by atoms with E-state index in [-0.39, 0.29) is 5.91 Å². The van der Waals surface area contributed by atoms with Crippen LogP contribution in [-0.2, 0) is 11.3 Å². The van der Waals surface area contributed by atoms with E-state index in [9.17, 15) is 4.79 Å². The molecule has 0 spiro atoms. The van der Waals surface area contributed by atoms with Crippen LogP contribution in [0.4, 0.5) is 5.82 Å². The Morgan fingerprint density at radius 2 is 2.12 bits per heavy atom. The van der Waals surface area contributed by atoms with Crippen molar-refractivity contribution in [1.29, 1.82) is 0 Å². The lowest BCUT2D eigenvalue weighted by atomic mass is 9.86. The minimum atomic E-state index is 0.126. The number of hydrogen-bond acceptors (Lipinski definition) is 2. The first-order chi connectivity index (χ1) is 11.7. The van der Waals surface area contributed by atoms with Crippen LogP contribution in [0.5, 0.6) is 0 Å². The first-order valence-electron chi connectivity index (χ1n) is 8.74. The van der Waals surface area contributed by atoms with Crippen LogP contribution in [0.25, 0.3) is 0 Å². The summed E-state index contributed by atoms with van der Waals surface area (Å²) in [5.74, 6) is 3.16. The largest absolute Gasteiger partial charge is 0.311 e. The summed E-state index contributed by atoms with van der Waals surface area (Å²) in [5, 5.41) is 7.42. The van der Waals surface area contributed by atoms with Crippen molar-refractivity contribution in [3.05, 3.63) is 46.6 Å². The minimum Gasteiger partial charge on any atom is -0.311 e. The SMILES string of the molecule is O=C(CC1CC2CCC1C2)Nc1ccnn1Cc1ccccc1Br. The Morgan fingerprint density at radius 1 is 1.25 bits per heavy atom. The fraction of sp³-hybridized carbons (Fsp3) is 0.474. The van der Waals surface area contributed by atoms with Crippen molar-refractivity contribution in [3.8, 4) is 0 Å². The van der Waals surface area contributed by atoms with Gasteiger partial charge in [-0.3, -0.25) is 4.79 Å². The Labute approximate surface area is 150 Å². The number of aromatic nitrogens is 2. The molecule has 1 amide bonds. The predicted molar refractivity (Wildman–Crippen MR) is 97.7 cm³/mol. The van der Waals surface area contributed by atoms with Gasteiger partial charge in [-0.25, -0.2) is 4.68 Å². The van der Waals surface area contributed by atoms with Crippen molar-refractivity contribution in [2.24, 2.45) is 17.8 Å². The predicted octanol–water partition coefficient (Wildman–Crippen LogP) is 4.46. The molecule has 0 aliphatic heterocycles. The number of benzene rings is 1. The van der Waals surface area contributed by atoms with Gasteiger partial charge >= 0.3 is 0 Å². The normalized spacial score (nSPS) is 25.1. The van der Waals surface area contributed by atoms with Crippen LogP contribution in [0, 0.1) is 17.8 Å². The van der Waals surface area contributed by atoms with Crippen molar-refractivity contribution in [1.82, 2.24) is 9.78 Å². The Hall–Kier alpha value is -1.62. The average Bonchev–Trinajstić information content (AvgIpc) is 3.27. The number of halogens is 1. The smallest absolute Gasteiger partial charge is 0.225 e. The molecular weight excluding hydrogens is 366 g/mol. The van der Waals surface area contributed by atoms with Crippen molar-refractivity contribution < 1.29 is 4.79 Å². The molecular formula is C19H22BrN3O. The average molecular weight is 388 g/mol. The van der Waals surface area contributed by atoms with Gasteiger partial charge < -0.3 is 5.32 Å². The van der Waals surface area contributed by atoms with E-state index >= 15 is 0 Å². The third kappa shape index (κ3) is 3.27. The van der Waals surface area contributed by atoms with E-state index in [4.69, 9.17) is 0 Å². The number of hydrogen-bond donors (Lipinski definition) is 1. The monoisotopic (exact) mass is 387 g/mol. The highest BCUT2D eigenvalue weighted by Crippen LogP contribution is 2.49. The molecule has 2 saturated carbocycles. The summed E-state index contributed by atoms with van der Waals surface area (Å²) in [7, 11) is 0. The van der Waals surface area contributed by atoms with Crippen LogP contribution in [0.3, 0.4) is 0 Å². The summed E-state index contributed by atoms with van der Waals surface area (Å²) >= 11 is 3.57. The van der Waals surface area contributed by atoms with Gasteiger partial charge in [0.2, 0.25) is 5.91 Å². The number of amides is 1. The molecule has 2 bridgehead atoms. The van der Waals surface area contributed by atoms with Gasteiger partial charge in [-0.2, -0.15) is 5.10 Å². The minimum absolute atomic E-state index is 0.126. The summed E-state index contributed by atoms with van der Waals surface area (Å²) in [6, 6.07) is 9.96. The Balaban J connectivity index is 1.39. The molecule has 0 radical (unpaired) electrons. The number of carbonyl (C=O) groups excluding carboxylic acids is 1. The second kappa shape index (κ2) is 6.71. The highest BCUT2D eigenvalue weighted by atomic mass is 79.9. The van der Waals surface area contributed by atoms with E-state index < -0.39 is 0 Å². The molecule has 2 aliphatic carbocycles. The van der Waals surface area contributed by atoms with Gasteiger partial charge in [0.15, 0.2) is 0 Å². The van der Waals surface area contributed by atoms with Crippen LogP contribution in [-0.4, -0.2) is 15.7 Å². The zero-order chi connectivity index (χ0) is 16.5. The molecule has 4 rings (SSSR count). The van der Waals surface area contributed by atoms with E-state index in [1.807, 2.05) is 28.9 Å². The van der Waals surface area contributed by atoms with Crippen molar-refractivity contribution in [3.63, 3.8) is 0 Å². The van der Waals surface area contributed by atoms with E-state index in [1.165, 1.54) is 25.7 Å². The maximum Gasteiger partial charge on any atom is 0.225 e. The summed E-state index contributed by atoms with van der Waals surface area (Å²) in [5.41, 5.74) is 1.14. The van der Waals surface area contributed by atoms with Gasteiger partial charge in [0.25, 0.3) is 0 Å². The molecule has 4 nitrogen and oxygen atoms in total. The van der Waals surface area contributed by atoms with Gasteiger partial charge in [0.1, 0.15) is 5.82 Å². The fourth-order valence-electron chi connectivity index (χ4n) is 4.41. The fourth-order valence-corrected chi connectivity index (χ4v) is 4.82. The first-order valence-corrected chi connectivity index (χ1v) is 9.53. The van der Waals surface area contributed by atoms with Gasteiger partial charge in [0, 0.05) is 17.0 Å². The molecule has 126 valence electrons. The molecule has 24 heavy (non-hydrogen) atoms. The Morgan fingerprint density at radius 3 is 2.88 bits per heavy atom. The molecule has 0 saturated heterocycles. The van der Waals surface area contributed by atoms with Gasteiger partial charge in [-0.05, 0) is 48.6 Å². The molecule has 1 aromatic heterocycles. The zero-order valence-electron chi connectivity index (χ0n) is 13.6. The van der Waals surface area contributed by atoms with E-state index in [2.05, 4.69) is 32.4 Å². The van der Waals surface area contributed by atoms with Crippen molar-refractivity contribution in [2.45, 2.75) is 38.6 Å². The van der Waals surface area contributed by atoms with E-state index in [0.29, 0.717) is 18.9 Å². The topological polar surface area (TPSA) is 46.9 Å². The molecule has 5 heteroatoms. The van der Waals surface area contributed by atoms with Gasteiger partial charge in [0.05, 0.1) is 12.7 Å².